The van der Waals surface area contributed by atoms with Crippen molar-refractivity contribution in [2.75, 3.05) is 0 Å². The lowest BCUT2D eigenvalue weighted by atomic mass is 10.1. The third-order valence-electron chi connectivity index (χ3n) is 3.59. The van der Waals surface area contributed by atoms with Gasteiger partial charge < -0.3 is 15.2 Å². The van der Waals surface area contributed by atoms with E-state index in [9.17, 15) is 18.4 Å². The summed E-state index contributed by atoms with van der Waals surface area (Å²) in [4.78, 5) is 22.1. The zero-order valence-corrected chi connectivity index (χ0v) is 14.0. The standard InChI is InChI=1S/C19H19F2NO4/c20-14-5-1-2-6-16(14)26-17-10-9-13(11-15(17)21)12-22-18(23)7-3-4-8-19(24)25/h1-2,5-6,9-11H,3-4,7-8,12H2,(H,22,23)(H,24,25). The Morgan fingerprint density at radius 1 is 0.962 bits per heavy atom. The summed E-state index contributed by atoms with van der Waals surface area (Å²) in [5, 5.41) is 11.2. The van der Waals surface area contributed by atoms with Gasteiger partial charge in [-0.2, -0.15) is 0 Å². The maximum atomic E-state index is 14.1. The molecule has 0 spiro atoms. The Hall–Kier alpha value is -2.96. The van der Waals surface area contributed by atoms with Crippen molar-refractivity contribution in [2.24, 2.45) is 0 Å². The largest absolute Gasteiger partial charge is 0.481 e. The molecular weight excluding hydrogens is 344 g/mol. The first-order valence-corrected chi connectivity index (χ1v) is 8.15. The van der Waals surface area contributed by atoms with Crippen LogP contribution in [0, 0.1) is 11.6 Å². The predicted molar refractivity (Wildman–Crippen MR) is 90.8 cm³/mol. The minimum absolute atomic E-state index is 0.0297. The molecule has 2 aromatic rings. The molecule has 7 heteroatoms. The molecule has 0 aromatic heterocycles. The third kappa shape index (κ3) is 6.16. The number of carbonyl (C=O) groups excluding carboxylic acids is 1. The molecule has 0 radical (unpaired) electrons. The molecule has 0 aliphatic carbocycles. The summed E-state index contributed by atoms with van der Waals surface area (Å²) in [7, 11) is 0. The summed E-state index contributed by atoms with van der Waals surface area (Å²) < 4.78 is 32.9. The highest BCUT2D eigenvalue weighted by Crippen LogP contribution is 2.27. The van der Waals surface area contributed by atoms with Crippen LogP contribution in [0.15, 0.2) is 42.5 Å². The Balaban J connectivity index is 1.84. The summed E-state index contributed by atoms with van der Waals surface area (Å²) in [6, 6.07) is 9.85. The Morgan fingerprint density at radius 2 is 1.65 bits per heavy atom. The summed E-state index contributed by atoms with van der Waals surface area (Å²) in [6.45, 7) is 0.134. The van der Waals surface area contributed by atoms with Crippen molar-refractivity contribution >= 4 is 11.9 Å². The van der Waals surface area contributed by atoms with E-state index in [1.807, 2.05) is 0 Å². The number of para-hydroxylation sites is 1. The van der Waals surface area contributed by atoms with Crippen molar-refractivity contribution in [1.82, 2.24) is 5.32 Å². The fraction of sp³-hybridized carbons (Fsp3) is 0.263. The van der Waals surface area contributed by atoms with Crippen LogP contribution in [0.5, 0.6) is 11.5 Å². The van der Waals surface area contributed by atoms with Gasteiger partial charge in [0.25, 0.3) is 0 Å². The Kier molecular flexibility index (Phi) is 7.08. The molecule has 0 heterocycles. The number of amides is 1. The fourth-order valence-corrected chi connectivity index (χ4v) is 2.23. The van der Waals surface area contributed by atoms with Crippen molar-refractivity contribution in [1.29, 1.82) is 0 Å². The second kappa shape index (κ2) is 9.50. The lowest BCUT2D eigenvalue weighted by Gasteiger charge is -2.10. The summed E-state index contributed by atoms with van der Waals surface area (Å²) in [5.74, 6) is -2.57. The van der Waals surface area contributed by atoms with Crippen LogP contribution in [-0.4, -0.2) is 17.0 Å². The average Bonchev–Trinajstić information content (AvgIpc) is 2.60. The second-order valence-electron chi connectivity index (χ2n) is 5.67. The number of nitrogens with one attached hydrogen (secondary N) is 1. The molecule has 26 heavy (non-hydrogen) atoms. The van der Waals surface area contributed by atoms with Gasteiger partial charge in [-0.3, -0.25) is 9.59 Å². The normalized spacial score (nSPS) is 10.4. The van der Waals surface area contributed by atoms with Gasteiger partial charge >= 0.3 is 5.97 Å². The molecule has 0 bridgehead atoms. The number of hydrogen-bond acceptors (Lipinski definition) is 3. The topological polar surface area (TPSA) is 75.6 Å². The lowest BCUT2D eigenvalue weighted by molar-refractivity contribution is -0.137. The van der Waals surface area contributed by atoms with Crippen LogP contribution in [0.2, 0.25) is 0 Å². The highest BCUT2D eigenvalue weighted by Gasteiger charge is 2.10. The monoisotopic (exact) mass is 363 g/mol. The van der Waals surface area contributed by atoms with Crippen molar-refractivity contribution in [2.45, 2.75) is 32.2 Å². The molecule has 2 aromatic carbocycles. The molecule has 5 nitrogen and oxygen atoms in total. The van der Waals surface area contributed by atoms with E-state index in [2.05, 4.69) is 5.32 Å². The van der Waals surface area contributed by atoms with Gasteiger partial charge in [0.1, 0.15) is 0 Å². The van der Waals surface area contributed by atoms with E-state index in [1.165, 1.54) is 30.3 Å². The van der Waals surface area contributed by atoms with E-state index >= 15 is 0 Å². The van der Waals surface area contributed by atoms with Gasteiger partial charge in [-0.25, -0.2) is 8.78 Å². The minimum Gasteiger partial charge on any atom is -0.481 e. The number of carboxylic acids is 1. The minimum atomic E-state index is -0.890. The highest BCUT2D eigenvalue weighted by molar-refractivity contribution is 5.75. The highest BCUT2D eigenvalue weighted by atomic mass is 19.1. The molecule has 138 valence electrons. The molecule has 0 fully saturated rings. The molecule has 1 amide bonds. The number of unbranched alkanes of at least 4 members (excludes halogenated alkanes) is 1. The maximum absolute atomic E-state index is 14.1. The Bertz CT molecular complexity index is 780. The average molecular weight is 363 g/mol. The van der Waals surface area contributed by atoms with Gasteiger partial charge in [0.15, 0.2) is 23.1 Å². The number of ether oxygens (including phenoxy) is 1. The van der Waals surface area contributed by atoms with Crippen LogP contribution in [0.3, 0.4) is 0 Å². The maximum Gasteiger partial charge on any atom is 0.303 e. The first-order chi connectivity index (χ1) is 12.5. The quantitative estimate of drug-likeness (QED) is 0.660. The Morgan fingerprint density at radius 3 is 2.35 bits per heavy atom. The van der Waals surface area contributed by atoms with E-state index in [0.717, 1.165) is 0 Å². The van der Waals surface area contributed by atoms with Crippen molar-refractivity contribution in [3.05, 3.63) is 59.7 Å². The zero-order valence-electron chi connectivity index (χ0n) is 14.0. The molecule has 0 aliphatic rings. The first-order valence-electron chi connectivity index (χ1n) is 8.15. The molecule has 0 unspecified atom stereocenters. The number of aliphatic carboxylic acids is 1. The summed E-state index contributed by atoms with van der Waals surface area (Å²) in [6.07, 6.45) is 1.15. The summed E-state index contributed by atoms with van der Waals surface area (Å²) >= 11 is 0. The van der Waals surface area contributed by atoms with Crippen LogP contribution in [0.4, 0.5) is 8.78 Å². The molecule has 0 saturated carbocycles. The van der Waals surface area contributed by atoms with Crippen molar-refractivity contribution in [3.8, 4) is 11.5 Å². The zero-order chi connectivity index (χ0) is 18.9. The van der Waals surface area contributed by atoms with Gasteiger partial charge in [-0.1, -0.05) is 18.2 Å². The van der Waals surface area contributed by atoms with Gasteiger partial charge in [0.2, 0.25) is 5.91 Å². The Labute approximate surface area is 149 Å². The number of benzene rings is 2. The number of rotatable bonds is 9. The van der Waals surface area contributed by atoms with Gasteiger partial charge in [0, 0.05) is 19.4 Å². The van der Waals surface area contributed by atoms with E-state index < -0.39 is 17.6 Å². The summed E-state index contributed by atoms with van der Waals surface area (Å²) in [5.41, 5.74) is 0.530. The number of carboxylic acid groups (broad SMARTS) is 1. The molecular formula is C19H19F2NO4. The third-order valence-corrected chi connectivity index (χ3v) is 3.59. The smallest absolute Gasteiger partial charge is 0.303 e. The molecule has 2 N–H and O–H groups in total. The number of halogens is 2. The van der Waals surface area contributed by atoms with E-state index in [1.54, 1.807) is 12.1 Å². The van der Waals surface area contributed by atoms with Crippen LogP contribution in [0.1, 0.15) is 31.2 Å². The lowest BCUT2D eigenvalue weighted by Crippen LogP contribution is -2.22. The first kappa shape index (κ1) is 19.4. The van der Waals surface area contributed by atoms with Crippen LogP contribution < -0.4 is 10.1 Å². The van der Waals surface area contributed by atoms with Crippen LogP contribution >= 0.6 is 0 Å². The van der Waals surface area contributed by atoms with Gasteiger partial charge in [-0.15, -0.1) is 0 Å². The van der Waals surface area contributed by atoms with Crippen LogP contribution in [0.25, 0.3) is 0 Å². The SMILES string of the molecule is O=C(O)CCCCC(=O)NCc1ccc(Oc2ccccc2F)c(F)c1. The number of hydrogen-bond donors (Lipinski definition) is 2. The molecule has 0 saturated heterocycles. The van der Waals surface area contributed by atoms with Gasteiger partial charge in [-0.05, 0) is 42.7 Å². The van der Waals surface area contributed by atoms with E-state index in [4.69, 9.17) is 9.84 Å². The van der Waals surface area contributed by atoms with Crippen LogP contribution in [-0.2, 0) is 16.1 Å². The van der Waals surface area contributed by atoms with Gasteiger partial charge in [0.05, 0.1) is 0 Å². The van der Waals surface area contributed by atoms with E-state index in [0.29, 0.717) is 18.4 Å². The number of carbonyl (C=O) groups is 2. The van der Waals surface area contributed by atoms with E-state index in [-0.39, 0.29) is 36.8 Å². The second-order valence-corrected chi connectivity index (χ2v) is 5.67. The molecule has 2 rings (SSSR count). The van der Waals surface area contributed by atoms with Crippen molar-refractivity contribution in [3.63, 3.8) is 0 Å². The fourth-order valence-electron chi connectivity index (χ4n) is 2.23. The molecule has 0 aliphatic heterocycles. The van der Waals surface area contributed by atoms with Crippen molar-refractivity contribution < 1.29 is 28.2 Å². The molecule has 0 atom stereocenters. The predicted octanol–water partition coefficient (Wildman–Crippen LogP) is 4.02.